The van der Waals surface area contributed by atoms with Gasteiger partial charge in [-0.1, -0.05) is 37.3 Å². The number of benzene rings is 2. The molecule has 32 heavy (non-hydrogen) atoms. The predicted octanol–water partition coefficient (Wildman–Crippen LogP) is 3.52. The molecule has 0 saturated carbocycles. The highest BCUT2D eigenvalue weighted by Crippen LogP contribution is 2.30. The topological polar surface area (TPSA) is 66.2 Å². The van der Waals surface area contributed by atoms with Crippen molar-refractivity contribution in [3.63, 3.8) is 0 Å². The SMILES string of the molecule is CCc1ccc(-c2cn3c4c(=O)n(C)c(=O)n(C)c4nc3n2-c2ccc(C)c(C)c2)cc1. The Hall–Kier alpha value is -3.87. The molecule has 0 N–H and O–H groups in total. The van der Waals surface area contributed by atoms with Gasteiger partial charge in [-0.3, -0.25) is 22.9 Å². The van der Waals surface area contributed by atoms with E-state index in [0.717, 1.165) is 27.9 Å². The van der Waals surface area contributed by atoms with Crippen LogP contribution in [0, 0.1) is 13.8 Å². The highest BCUT2D eigenvalue weighted by atomic mass is 16.2. The van der Waals surface area contributed by atoms with Crippen LogP contribution in [0.4, 0.5) is 0 Å². The number of aromatic nitrogens is 5. The second-order valence-corrected chi connectivity index (χ2v) is 8.33. The van der Waals surface area contributed by atoms with E-state index in [1.807, 2.05) is 6.20 Å². The number of fused-ring (bicyclic) bond motifs is 3. The highest BCUT2D eigenvalue weighted by Gasteiger charge is 2.21. The van der Waals surface area contributed by atoms with Crippen LogP contribution in [0.2, 0.25) is 0 Å². The van der Waals surface area contributed by atoms with Crippen LogP contribution in [0.25, 0.3) is 33.9 Å². The maximum Gasteiger partial charge on any atom is 0.332 e. The van der Waals surface area contributed by atoms with E-state index in [2.05, 4.69) is 67.8 Å². The normalized spacial score (nSPS) is 11.7. The molecule has 0 saturated heterocycles. The van der Waals surface area contributed by atoms with Crippen LogP contribution in [-0.2, 0) is 20.5 Å². The van der Waals surface area contributed by atoms with E-state index >= 15 is 0 Å². The smallest absolute Gasteiger partial charge is 0.279 e. The minimum absolute atomic E-state index is 0.360. The van der Waals surface area contributed by atoms with E-state index < -0.39 is 5.69 Å². The van der Waals surface area contributed by atoms with Gasteiger partial charge in [-0.05, 0) is 49.1 Å². The Labute approximate surface area is 184 Å². The van der Waals surface area contributed by atoms with Gasteiger partial charge < -0.3 is 0 Å². The molecule has 0 fully saturated rings. The Morgan fingerprint density at radius 1 is 0.906 bits per heavy atom. The zero-order valence-corrected chi connectivity index (χ0v) is 18.9. The molecule has 7 nitrogen and oxygen atoms in total. The maximum atomic E-state index is 13.0. The molecule has 7 heteroatoms. The third kappa shape index (κ3) is 2.77. The Morgan fingerprint density at radius 3 is 2.28 bits per heavy atom. The number of nitrogens with zero attached hydrogens (tertiary/aromatic N) is 5. The van der Waals surface area contributed by atoms with Gasteiger partial charge in [0.25, 0.3) is 5.56 Å². The van der Waals surface area contributed by atoms with Gasteiger partial charge in [0, 0.05) is 31.5 Å². The highest BCUT2D eigenvalue weighted by molar-refractivity contribution is 5.79. The van der Waals surface area contributed by atoms with Gasteiger partial charge in [-0.2, -0.15) is 4.98 Å². The maximum absolute atomic E-state index is 13.0. The van der Waals surface area contributed by atoms with Crippen molar-refractivity contribution in [1.29, 1.82) is 0 Å². The minimum atomic E-state index is -0.392. The van der Waals surface area contributed by atoms with Crippen molar-refractivity contribution < 1.29 is 0 Å². The third-order valence-corrected chi connectivity index (χ3v) is 6.37. The van der Waals surface area contributed by atoms with E-state index in [1.165, 1.54) is 28.3 Å². The number of hydrogen-bond acceptors (Lipinski definition) is 3. The molecule has 0 unspecified atom stereocenters. The number of rotatable bonds is 3. The van der Waals surface area contributed by atoms with Crippen molar-refractivity contribution in [2.75, 3.05) is 0 Å². The first kappa shape index (κ1) is 20.1. The van der Waals surface area contributed by atoms with Gasteiger partial charge >= 0.3 is 5.69 Å². The van der Waals surface area contributed by atoms with Gasteiger partial charge in [0.1, 0.15) is 0 Å². The summed E-state index contributed by atoms with van der Waals surface area (Å²) in [5.74, 6) is 0.594. The van der Waals surface area contributed by atoms with Crippen molar-refractivity contribution >= 4 is 16.9 Å². The quantitative estimate of drug-likeness (QED) is 0.443. The van der Waals surface area contributed by atoms with Gasteiger partial charge in [0.15, 0.2) is 11.2 Å². The third-order valence-electron chi connectivity index (χ3n) is 6.37. The molecule has 162 valence electrons. The van der Waals surface area contributed by atoms with E-state index in [1.54, 1.807) is 11.4 Å². The number of aryl methyl sites for hydroxylation is 4. The van der Waals surface area contributed by atoms with Crippen LogP contribution in [0.15, 0.2) is 58.3 Å². The average molecular weight is 428 g/mol. The van der Waals surface area contributed by atoms with Crippen LogP contribution >= 0.6 is 0 Å². The fourth-order valence-electron chi connectivity index (χ4n) is 4.20. The van der Waals surface area contributed by atoms with E-state index in [9.17, 15) is 9.59 Å². The summed E-state index contributed by atoms with van der Waals surface area (Å²) in [4.78, 5) is 30.3. The Morgan fingerprint density at radius 2 is 1.62 bits per heavy atom. The molecule has 5 aromatic rings. The van der Waals surface area contributed by atoms with Crippen molar-refractivity contribution in [3.05, 3.63) is 86.2 Å². The number of imidazole rings is 2. The first-order valence-corrected chi connectivity index (χ1v) is 10.7. The summed E-state index contributed by atoms with van der Waals surface area (Å²) in [5, 5.41) is 0. The summed E-state index contributed by atoms with van der Waals surface area (Å²) < 4.78 is 6.40. The lowest BCUT2D eigenvalue weighted by Crippen LogP contribution is -2.37. The second kappa shape index (κ2) is 7.09. The molecular weight excluding hydrogens is 402 g/mol. The van der Waals surface area contributed by atoms with E-state index in [0.29, 0.717) is 16.9 Å². The Bertz CT molecular complexity index is 1630. The van der Waals surface area contributed by atoms with Gasteiger partial charge in [0.05, 0.1) is 5.69 Å². The zero-order chi connectivity index (χ0) is 22.7. The largest absolute Gasteiger partial charge is 0.332 e. The molecule has 0 bridgehead atoms. The average Bonchev–Trinajstić information content (AvgIpc) is 3.34. The monoisotopic (exact) mass is 427 g/mol. The fourth-order valence-corrected chi connectivity index (χ4v) is 4.20. The van der Waals surface area contributed by atoms with Gasteiger partial charge in [-0.25, -0.2) is 4.79 Å². The van der Waals surface area contributed by atoms with Crippen molar-refractivity contribution in [2.45, 2.75) is 27.2 Å². The molecule has 0 atom stereocenters. The Kier molecular flexibility index (Phi) is 4.44. The van der Waals surface area contributed by atoms with Crippen LogP contribution < -0.4 is 11.2 Å². The first-order chi connectivity index (χ1) is 15.3. The molecule has 5 rings (SSSR count). The van der Waals surface area contributed by atoms with Crippen molar-refractivity contribution in [2.24, 2.45) is 14.1 Å². The van der Waals surface area contributed by atoms with E-state index in [-0.39, 0.29) is 5.56 Å². The number of hydrogen-bond donors (Lipinski definition) is 0. The molecule has 0 aliphatic carbocycles. The molecule has 3 aromatic heterocycles. The summed E-state index contributed by atoms with van der Waals surface area (Å²) in [6, 6.07) is 14.7. The van der Waals surface area contributed by atoms with Gasteiger partial charge in [0.2, 0.25) is 5.78 Å². The summed E-state index contributed by atoms with van der Waals surface area (Å²) in [5.41, 5.74) is 6.55. The molecule has 3 heterocycles. The zero-order valence-electron chi connectivity index (χ0n) is 18.9. The lowest BCUT2D eigenvalue weighted by Gasteiger charge is -2.11. The molecule has 2 aromatic carbocycles. The molecule has 0 radical (unpaired) electrons. The van der Waals surface area contributed by atoms with E-state index in [4.69, 9.17) is 4.98 Å². The molecule has 0 aliphatic rings. The summed E-state index contributed by atoms with van der Waals surface area (Å²) in [6.45, 7) is 6.29. The first-order valence-electron chi connectivity index (χ1n) is 10.7. The molecule has 0 amide bonds. The van der Waals surface area contributed by atoms with Crippen LogP contribution in [-0.4, -0.2) is 23.1 Å². The summed E-state index contributed by atoms with van der Waals surface area (Å²) in [7, 11) is 3.13. The van der Waals surface area contributed by atoms with Crippen LogP contribution in [0.3, 0.4) is 0 Å². The predicted molar refractivity (Wildman–Crippen MR) is 127 cm³/mol. The summed E-state index contributed by atoms with van der Waals surface area (Å²) >= 11 is 0. The van der Waals surface area contributed by atoms with Crippen LogP contribution in [0.5, 0.6) is 0 Å². The fraction of sp³-hybridized carbons (Fsp3) is 0.240. The Balaban J connectivity index is 1.93. The molecule has 0 aliphatic heterocycles. The standard InChI is InChI=1S/C25H25N5O2/c1-6-17-8-10-18(11-9-17)20-14-29-21-22(27(4)25(32)28(5)23(21)31)26-24(29)30(20)19-12-7-15(2)16(3)13-19/h7-14H,6H2,1-5H3. The molecule has 0 spiro atoms. The summed E-state index contributed by atoms with van der Waals surface area (Å²) in [6.07, 6.45) is 2.91. The molecular formula is C25H25N5O2. The minimum Gasteiger partial charge on any atom is -0.279 e. The lowest BCUT2D eigenvalue weighted by molar-refractivity contribution is 0.708. The second-order valence-electron chi connectivity index (χ2n) is 8.33. The lowest BCUT2D eigenvalue weighted by atomic mass is 10.1. The van der Waals surface area contributed by atoms with Crippen molar-refractivity contribution in [1.82, 2.24) is 23.1 Å². The van der Waals surface area contributed by atoms with Crippen molar-refractivity contribution in [3.8, 4) is 16.9 Å². The van der Waals surface area contributed by atoms with Gasteiger partial charge in [-0.15, -0.1) is 0 Å². The van der Waals surface area contributed by atoms with Crippen LogP contribution in [0.1, 0.15) is 23.6 Å².